The highest BCUT2D eigenvalue weighted by molar-refractivity contribution is 5.92. The van der Waals surface area contributed by atoms with Gasteiger partial charge in [0, 0.05) is 12.0 Å². The summed E-state index contributed by atoms with van der Waals surface area (Å²) in [6, 6.07) is 24.4. The van der Waals surface area contributed by atoms with Crippen LogP contribution >= 0.6 is 0 Å². The van der Waals surface area contributed by atoms with Crippen LogP contribution < -0.4 is 20.3 Å². The number of hydrogen-bond donors (Lipinski definition) is 2. The number of hydrazine groups is 1. The molecule has 0 saturated carbocycles. The number of para-hydroxylation sites is 1. The van der Waals surface area contributed by atoms with Crippen molar-refractivity contribution in [2.24, 2.45) is 0 Å². The second-order valence-corrected chi connectivity index (χ2v) is 7.56. The van der Waals surface area contributed by atoms with Crippen molar-refractivity contribution in [3.8, 4) is 28.6 Å². The van der Waals surface area contributed by atoms with Crippen LogP contribution in [0.2, 0.25) is 0 Å². The van der Waals surface area contributed by atoms with Crippen molar-refractivity contribution in [2.45, 2.75) is 12.8 Å². The van der Waals surface area contributed by atoms with Crippen LogP contribution in [0.5, 0.6) is 11.5 Å². The third-order valence-electron chi connectivity index (χ3n) is 5.24. The highest BCUT2D eigenvalue weighted by Crippen LogP contribution is 2.32. The lowest BCUT2D eigenvalue weighted by molar-refractivity contribution is -0.121. The lowest BCUT2D eigenvalue weighted by Crippen LogP contribution is -2.42. The monoisotopic (exact) mass is 455 g/mol. The van der Waals surface area contributed by atoms with E-state index in [1.165, 1.54) is 0 Å². The summed E-state index contributed by atoms with van der Waals surface area (Å²) in [5.41, 5.74) is 7.33. The smallest absolute Gasteiger partial charge is 0.309 e. The molecule has 1 aliphatic heterocycles. The maximum atomic E-state index is 12.7. The van der Waals surface area contributed by atoms with E-state index in [0.717, 1.165) is 16.8 Å². The standard InChI is InChI=1S/C25H21N5O4/c31-22(14-12-17-11-13-20-21(15-17)34-16-33-20)27-28-25(32)23-26-24(18-7-3-1-4-8-18)30(29-23)19-9-5-2-6-10-19/h1-11,13,15H,12,14,16H2,(H,27,31)(H,28,32). The number of fused-ring (bicyclic) bond motifs is 1. The van der Waals surface area contributed by atoms with E-state index in [1.807, 2.05) is 78.9 Å². The Morgan fingerprint density at radius 1 is 0.882 bits per heavy atom. The average molecular weight is 455 g/mol. The number of aromatic nitrogens is 3. The summed E-state index contributed by atoms with van der Waals surface area (Å²) in [4.78, 5) is 29.4. The van der Waals surface area contributed by atoms with Gasteiger partial charge in [-0.3, -0.25) is 20.4 Å². The third-order valence-corrected chi connectivity index (χ3v) is 5.24. The topological polar surface area (TPSA) is 107 Å². The molecule has 0 radical (unpaired) electrons. The molecule has 0 unspecified atom stereocenters. The molecule has 2 heterocycles. The number of amides is 2. The second kappa shape index (κ2) is 9.45. The largest absolute Gasteiger partial charge is 0.454 e. The average Bonchev–Trinajstić information content (AvgIpc) is 3.54. The molecule has 1 aromatic heterocycles. The summed E-state index contributed by atoms with van der Waals surface area (Å²) in [7, 11) is 0. The summed E-state index contributed by atoms with van der Waals surface area (Å²) in [6.45, 7) is 0.200. The molecule has 0 fully saturated rings. The predicted octanol–water partition coefficient (Wildman–Crippen LogP) is 3.06. The molecule has 0 bridgehead atoms. The number of rotatable bonds is 6. The zero-order valence-corrected chi connectivity index (χ0v) is 18.1. The van der Waals surface area contributed by atoms with Crippen molar-refractivity contribution in [3.05, 3.63) is 90.3 Å². The summed E-state index contributed by atoms with van der Waals surface area (Å²) in [6.07, 6.45) is 0.665. The number of nitrogens with zero attached hydrogens (tertiary/aromatic N) is 3. The van der Waals surface area contributed by atoms with Crippen LogP contribution in [0.3, 0.4) is 0 Å². The van der Waals surface area contributed by atoms with Gasteiger partial charge < -0.3 is 9.47 Å². The Kier molecular flexibility index (Phi) is 5.89. The van der Waals surface area contributed by atoms with Crippen molar-refractivity contribution >= 4 is 11.8 Å². The highest BCUT2D eigenvalue weighted by atomic mass is 16.7. The Morgan fingerprint density at radius 3 is 2.41 bits per heavy atom. The Balaban J connectivity index is 1.24. The zero-order chi connectivity index (χ0) is 23.3. The van der Waals surface area contributed by atoms with Gasteiger partial charge in [-0.1, -0.05) is 54.6 Å². The van der Waals surface area contributed by atoms with E-state index in [0.29, 0.717) is 23.7 Å². The number of ether oxygens (including phenoxy) is 2. The van der Waals surface area contributed by atoms with Crippen molar-refractivity contribution in [3.63, 3.8) is 0 Å². The zero-order valence-electron chi connectivity index (χ0n) is 18.1. The number of benzene rings is 3. The third kappa shape index (κ3) is 4.58. The molecule has 0 spiro atoms. The molecular formula is C25H21N5O4. The Hall–Kier alpha value is -4.66. The molecule has 1 aliphatic rings. The van der Waals surface area contributed by atoms with E-state index in [9.17, 15) is 9.59 Å². The fourth-order valence-corrected chi connectivity index (χ4v) is 3.53. The molecule has 0 aliphatic carbocycles. The van der Waals surface area contributed by atoms with Gasteiger partial charge in [0.05, 0.1) is 5.69 Å². The molecule has 2 N–H and O–H groups in total. The van der Waals surface area contributed by atoms with Crippen molar-refractivity contribution in [1.82, 2.24) is 25.6 Å². The summed E-state index contributed by atoms with van der Waals surface area (Å²) in [5.74, 6) is 0.878. The van der Waals surface area contributed by atoms with Gasteiger partial charge >= 0.3 is 5.91 Å². The fourth-order valence-electron chi connectivity index (χ4n) is 3.53. The van der Waals surface area contributed by atoms with E-state index in [1.54, 1.807) is 4.68 Å². The van der Waals surface area contributed by atoms with Crippen molar-refractivity contribution < 1.29 is 19.1 Å². The van der Waals surface area contributed by atoms with Crippen LogP contribution in [0.15, 0.2) is 78.9 Å². The second-order valence-electron chi connectivity index (χ2n) is 7.56. The number of nitrogens with one attached hydrogen (secondary N) is 2. The van der Waals surface area contributed by atoms with Crippen molar-refractivity contribution in [1.29, 1.82) is 0 Å². The van der Waals surface area contributed by atoms with Crippen LogP contribution in [0.25, 0.3) is 17.1 Å². The predicted molar refractivity (Wildman–Crippen MR) is 123 cm³/mol. The van der Waals surface area contributed by atoms with Gasteiger partial charge in [-0.25, -0.2) is 9.67 Å². The number of hydrogen-bond acceptors (Lipinski definition) is 6. The fraction of sp³-hybridized carbons (Fsp3) is 0.120. The Bertz CT molecular complexity index is 1260. The molecular weight excluding hydrogens is 434 g/mol. The van der Waals surface area contributed by atoms with E-state index in [4.69, 9.17) is 9.47 Å². The first-order valence-electron chi connectivity index (χ1n) is 10.7. The van der Waals surface area contributed by atoms with E-state index < -0.39 is 5.91 Å². The van der Waals surface area contributed by atoms with Gasteiger partial charge in [-0.15, -0.1) is 5.10 Å². The van der Waals surface area contributed by atoms with Crippen LogP contribution in [0.1, 0.15) is 22.6 Å². The molecule has 0 atom stereocenters. The molecule has 5 rings (SSSR count). The van der Waals surface area contributed by atoms with Gasteiger partial charge in [0.15, 0.2) is 17.3 Å². The van der Waals surface area contributed by atoms with Gasteiger partial charge in [-0.2, -0.15) is 0 Å². The summed E-state index contributed by atoms with van der Waals surface area (Å²) < 4.78 is 12.2. The molecule has 9 nitrogen and oxygen atoms in total. The summed E-state index contributed by atoms with van der Waals surface area (Å²) >= 11 is 0. The first kappa shape index (κ1) is 21.2. The molecule has 2 amide bonds. The van der Waals surface area contributed by atoms with Gasteiger partial charge in [0.1, 0.15) is 0 Å². The maximum absolute atomic E-state index is 12.7. The van der Waals surface area contributed by atoms with E-state index >= 15 is 0 Å². The van der Waals surface area contributed by atoms with Gasteiger partial charge in [0.2, 0.25) is 18.5 Å². The lowest BCUT2D eigenvalue weighted by Gasteiger charge is -2.06. The normalized spacial score (nSPS) is 11.8. The molecule has 4 aromatic rings. The Labute approximate surface area is 195 Å². The van der Waals surface area contributed by atoms with Crippen LogP contribution in [-0.2, 0) is 11.2 Å². The molecule has 3 aromatic carbocycles. The van der Waals surface area contributed by atoms with Crippen LogP contribution in [0.4, 0.5) is 0 Å². The Morgan fingerprint density at radius 2 is 1.62 bits per heavy atom. The van der Waals surface area contributed by atoms with Gasteiger partial charge in [-0.05, 0) is 36.2 Å². The quantitative estimate of drug-likeness (QED) is 0.433. The summed E-state index contributed by atoms with van der Waals surface area (Å²) in [5, 5.41) is 4.38. The maximum Gasteiger partial charge on any atom is 0.309 e. The minimum atomic E-state index is -0.608. The first-order valence-corrected chi connectivity index (χ1v) is 10.7. The number of aryl methyl sites for hydroxylation is 1. The molecule has 0 saturated heterocycles. The van der Waals surface area contributed by atoms with Crippen molar-refractivity contribution in [2.75, 3.05) is 6.79 Å². The number of carbonyl (C=O) groups is 2. The van der Waals surface area contributed by atoms with E-state index in [-0.39, 0.29) is 24.9 Å². The lowest BCUT2D eigenvalue weighted by atomic mass is 10.1. The molecule has 170 valence electrons. The van der Waals surface area contributed by atoms with Gasteiger partial charge in [0.25, 0.3) is 0 Å². The van der Waals surface area contributed by atoms with Crippen LogP contribution in [0, 0.1) is 0 Å². The first-order chi connectivity index (χ1) is 16.7. The van der Waals surface area contributed by atoms with E-state index in [2.05, 4.69) is 20.9 Å². The highest BCUT2D eigenvalue weighted by Gasteiger charge is 2.19. The number of carbonyl (C=O) groups excluding carboxylic acids is 2. The van der Waals surface area contributed by atoms with Crippen LogP contribution in [-0.4, -0.2) is 33.4 Å². The minimum Gasteiger partial charge on any atom is -0.454 e. The molecule has 34 heavy (non-hydrogen) atoms. The molecule has 9 heteroatoms. The SMILES string of the molecule is O=C(CCc1ccc2c(c1)OCO2)NNC(=O)c1nc(-c2ccccc2)n(-c2ccccc2)n1. The minimum absolute atomic E-state index is 0.0567.